The van der Waals surface area contributed by atoms with Crippen molar-refractivity contribution in [2.45, 2.75) is 13.3 Å². The first-order valence-electron chi connectivity index (χ1n) is 4.55. The number of rotatable bonds is 3. The van der Waals surface area contributed by atoms with Crippen molar-refractivity contribution in [1.29, 1.82) is 0 Å². The summed E-state index contributed by atoms with van der Waals surface area (Å²) in [6.45, 7) is 2.77. The van der Waals surface area contributed by atoms with E-state index < -0.39 is 0 Å². The lowest BCUT2D eigenvalue weighted by Crippen LogP contribution is -2.22. The fourth-order valence-corrected chi connectivity index (χ4v) is 1.16. The Bertz CT molecular complexity index is 323. The van der Waals surface area contributed by atoms with Crippen molar-refractivity contribution >= 4 is 23.2 Å². The number of para-hydroxylation sites is 1. The average Bonchev–Trinajstić information content (AvgIpc) is 2.18. The van der Waals surface area contributed by atoms with E-state index in [9.17, 15) is 0 Å². The van der Waals surface area contributed by atoms with Gasteiger partial charge in [-0.15, -0.1) is 0 Å². The zero-order valence-corrected chi connectivity index (χ0v) is 8.88. The number of guanidine groups is 1. The van der Waals surface area contributed by atoms with Crippen LogP contribution in [0, 0.1) is 0 Å². The Hall–Kier alpha value is -1.22. The quantitative estimate of drug-likeness (QED) is 0.596. The Kier molecular flexibility index (Phi) is 4.26. The number of nitrogens with two attached hydrogens (primary N) is 1. The number of benzene rings is 1. The summed E-state index contributed by atoms with van der Waals surface area (Å²) in [6.07, 6.45) is 0.977. The number of anilines is 1. The summed E-state index contributed by atoms with van der Waals surface area (Å²) in [6, 6.07) is 7.42. The highest BCUT2D eigenvalue weighted by Crippen LogP contribution is 2.19. The van der Waals surface area contributed by atoms with Gasteiger partial charge < -0.3 is 11.1 Å². The third kappa shape index (κ3) is 3.26. The van der Waals surface area contributed by atoms with E-state index in [4.69, 9.17) is 17.3 Å². The minimum absolute atomic E-state index is 0.403. The van der Waals surface area contributed by atoms with Crippen LogP contribution in [0.5, 0.6) is 0 Å². The van der Waals surface area contributed by atoms with Crippen LogP contribution >= 0.6 is 11.6 Å². The zero-order valence-electron chi connectivity index (χ0n) is 8.13. The summed E-state index contributed by atoms with van der Waals surface area (Å²) < 4.78 is 0. The van der Waals surface area contributed by atoms with E-state index in [1.807, 2.05) is 25.1 Å². The van der Waals surface area contributed by atoms with Gasteiger partial charge in [-0.05, 0) is 18.6 Å². The van der Waals surface area contributed by atoms with E-state index in [0.717, 1.165) is 18.7 Å². The molecule has 0 aliphatic carbocycles. The van der Waals surface area contributed by atoms with Gasteiger partial charge in [0.15, 0.2) is 5.96 Å². The first-order chi connectivity index (χ1) is 6.74. The zero-order chi connectivity index (χ0) is 10.4. The summed E-state index contributed by atoms with van der Waals surface area (Å²) >= 11 is 5.93. The lowest BCUT2D eigenvalue weighted by Gasteiger charge is -2.06. The summed E-state index contributed by atoms with van der Waals surface area (Å²) in [5.74, 6) is 0.403. The van der Waals surface area contributed by atoms with Gasteiger partial charge in [-0.3, -0.25) is 4.99 Å². The van der Waals surface area contributed by atoms with Crippen molar-refractivity contribution in [3.8, 4) is 0 Å². The van der Waals surface area contributed by atoms with E-state index in [0.29, 0.717) is 11.0 Å². The fraction of sp³-hybridized carbons (Fsp3) is 0.300. The lowest BCUT2D eigenvalue weighted by molar-refractivity contribution is 0.929. The van der Waals surface area contributed by atoms with Crippen LogP contribution in [0.15, 0.2) is 29.3 Å². The normalized spacial score (nSPS) is 11.4. The molecule has 0 atom stereocenters. The first-order valence-corrected chi connectivity index (χ1v) is 4.93. The SMILES string of the molecule is CCCN=C(N)Nc1ccccc1Cl. The maximum Gasteiger partial charge on any atom is 0.193 e. The molecule has 0 saturated heterocycles. The number of hydrogen-bond donors (Lipinski definition) is 2. The number of halogens is 1. The first kappa shape index (κ1) is 10.9. The van der Waals surface area contributed by atoms with Gasteiger partial charge in [0.2, 0.25) is 0 Å². The van der Waals surface area contributed by atoms with Crippen molar-refractivity contribution in [3.05, 3.63) is 29.3 Å². The van der Waals surface area contributed by atoms with E-state index in [1.54, 1.807) is 6.07 Å². The second kappa shape index (κ2) is 5.50. The number of nitrogens with one attached hydrogen (secondary N) is 1. The molecule has 4 heteroatoms. The monoisotopic (exact) mass is 211 g/mol. The van der Waals surface area contributed by atoms with Crippen molar-refractivity contribution in [3.63, 3.8) is 0 Å². The molecule has 14 heavy (non-hydrogen) atoms. The molecule has 0 spiro atoms. The average molecular weight is 212 g/mol. The summed E-state index contributed by atoms with van der Waals surface area (Å²) in [5.41, 5.74) is 6.42. The summed E-state index contributed by atoms with van der Waals surface area (Å²) in [4.78, 5) is 4.10. The topological polar surface area (TPSA) is 50.4 Å². The molecule has 0 aliphatic heterocycles. The second-order valence-electron chi connectivity index (χ2n) is 2.87. The van der Waals surface area contributed by atoms with Crippen LogP contribution in [0.3, 0.4) is 0 Å². The van der Waals surface area contributed by atoms with Gasteiger partial charge in [-0.25, -0.2) is 0 Å². The number of aliphatic imine (C=N–C) groups is 1. The molecule has 0 amide bonds. The van der Waals surface area contributed by atoms with Gasteiger partial charge in [-0.2, -0.15) is 0 Å². The molecule has 1 rings (SSSR count). The van der Waals surface area contributed by atoms with Gasteiger partial charge in [0.05, 0.1) is 10.7 Å². The van der Waals surface area contributed by atoms with Crippen molar-refractivity contribution in [2.75, 3.05) is 11.9 Å². The van der Waals surface area contributed by atoms with Crippen LogP contribution in [-0.4, -0.2) is 12.5 Å². The van der Waals surface area contributed by atoms with Gasteiger partial charge in [0.1, 0.15) is 0 Å². The van der Waals surface area contributed by atoms with Gasteiger partial charge in [-0.1, -0.05) is 30.7 Å². The smallest absolute Gasteiger partial charge is 0.193 e. The molecule has 0 radical (unpaired) electrons. The van der Waals surface area contributed by atoms with Crippen LogP contribution in [0.2, 0.25) is 5.02 Å². The fourth-order valence-electron chi connectivity index (χ4n) is 0.972. The second-order valence-corrected chi connectivity index (χ2v) is 3.28. The third-order valence-electron chi connectivity index (χ3n) is 1.64. The molecule has 0 fully saturated rings. The molecule has 3 N–H and O–H groups in total. The van der Waals surface area contributed by atoms with E-state index in [1.165, 1.54) is 0 Å². The Morgan fingerprint density at radius 3 is 2.86 bits per heavy atom. The minimum Gasteiger partial charge on any atom is -0.370 e. The molecule has 0 heterocycles. The molecule has 1 aromatic rings. The molecule has 0 bridgehead atoms. The Labute approximate surface area is 89.0 Å². The number of nitrogens with zero attached hydrogens (tertiary/aromatic N) is 1. The summed E-state index contributed by atoms with van der Waals surface area (Å²) in [7, 11) is 0. The molecule has 0 unspecified atom stereocenters. The Balaban J connectivity index is 2.64. The van der Waals surface area contributed by atoms with E-state index in [-0.39, 0.29) is 0 Å². The largest absolute Gasteiger partial charge is 0.370 e. The molecule has 0 aliphatic rings. The lowest BCUT2D eigenvalue weighted by atomic mass is 10.3. The van der Waals surface area contributed by atoms with Gasteiger partial charge in [0.25, 0.3) is 0 Å². The van der Waals surface area contributed by atoms with Gasteiger partial charge >= 0.3 is 0 Å². The predicted octanol–water partition coefficient (Wildman–Crippen LogP) is 2.48. The van der Waals surface area contributed by atoms with Crippen LogP contribution in [-0.2, 0) is 0 Å². The number of hydrogen-bond acceptors (Lipinski definition) is 1. The maximum absolute atomic E-state index is 5.93. The highest BCUT2D eigenvalue weighted by atomic mass is 35.5. The minimum atomic E-state index is 0.403. The standard InChI is InChI=1S/C10H14ClN3/c1-2-7-13-10(12)14-9-6-4-3-5-8(9)11/h3-6H,2,7H2,1H3,(H3,12,13,14). The van der Waals surface area contributed by atoms with Crippen molar-refractivity contribution < 1.29 is 0 Å². The van der Waals surface area contributed by atoms with Crippen LogP contribution < -0.4 is 11.1 Å². The van der Waals surface area contributed by atoms with Crippen LogP contribution in [0.4, 0.5) is 5.69 Å². The molecule has 76 valence electrons. The van der Waals surface area contributed by atoms with Crippen LogP contribution in [0.1, 0.15) is 13.3 Å². The summed E-state index contributed by atoms with van der Waals surface area (Å²) in [5, 5.41) is 3.58. The van der Waals surface area contributed by atoms with E-state index in [2.05, 4.69) is 10.3 Å². The molecule has 1 aromatic carbocycles. The third-order valence-corrected chi connectivity index (χ3v) is 1.97. The Morgan fingerprint density at radius 1 is 1.50 bits per heavy atom. The highest BCUT2D eigenvalue weighted by molar-refractivity contribution is 6.33. The molecule has 0 aromatic heterocycles. The maximum atomic E-state index is 5.93. The Morgan fingerprint density at radius 2 is 2.21 bits per heavy atom. The van der Waals surface area contributed by atoms with Crippen LogP contribution in [0.25, 0.3) is 0 Å². The molecule has 0 saturated carbocycles. The van der Waals surface area contributed by atoms with E-state index >= 15 is 0 Å². The van der Waals surface area contributed by atoms with Crippen molar-refractivity contribution in [1.82, 2.24) is 0 Å². The van der Waals surface area contributed by atoms with Crippen molar-refractivity contribution in [2.24, 2.45) is 10.7 Å². The van der Waals surface area contributed by atoms with Gasteiger partial charge in [0, 0.05) is 6.54 Å². The molecular formula is C10H14ClN3. The predicted molar refractivity (Wildman–Crippen MR) is 61.9 cm³/mol. The molecular weight excluding hydrogens is 198 g/mol. The highest BCUT2D eigenvalue weighted by Gasteiger charge is 1.98. The molecule has 3 nitrogen and oxygen atoms in total.